The minimum absolute atomic E-state index is 0.0512. The molecule has 0 radical (unpaired) electrons. The number of carboxylic acid groups (broad SMARTS) is 1. The fraction of sp³-hybridized carbons (Fsp3) is 0.278. The zero-order chi connectivity index (χ0) is 18.7. The number of nitrogens with zero attached hydrogens (tertiary/aromatic N) is 3. The van der Waals surface area contributed by atoms with Crippen LogP contribution in [0.2, 0.25) is 0 Å². The van der Waals surface area contributed by atoms with Gasteiger partial charge in [0.1, 0.15) is 17.7 Å². The van der Waals surface area contributed by atoms with Crippen LogP contribution in [0.25, 0.3) is 5.69 Å². The van der Waals surface area contributed by atoms with E-state index in [1.54, 1.807) is 6.07 Å². The van der Waals surface area contributed by atoms with Gasteiger partial charge in [0.05, 0.1) is 17.3 Å². The second-order valence-corrected chi connectivity index (χ2v) is 5.94. The number of halogens is 1. The molecule has 1 N–H and O–H groups in total. The molecule has 0 saturated carbocycles. The van der Waals surface area contributed by atoms with Crippen molar-refractivity contribution < 1.29 is 19.0 Å². The average Bonchev–Trinajstić information content (AvgIpc) is 2.63. The van der Waals surface area contributed by atoms with Crippen LogP contribution in [-0.2, 0) is 0 Å². The van der Waals surface area contributed by atoms with Crippen LogP contribution < -0.4 is 10.3 Å². The molecule has 134 valence electrons. The fourth-order valence-corrected chi connectivity index (χ4v) is 2.86. The summed E-state index contributed by atoms with van der Waals surface area (Å²) in [4.78, 5) is 24.5. The summed E-state index contributed by atoms with van der Waals surface area (Å²) >= 11 is 0. The first-order valence-electron chi connectivity index (χ1n) is 8.05. The van der Waals surface area contributed by atoms with Gasteiger partial charge in [-0.1, -0.05) is 0 Å². The molecular weight excluding hydrogens is 341 g/mol. The van der Waals surface area contributed by atoms with Crippen LogP contribution in [0.3, 0.4) is 0 Å². The largest absolute Gasteiger partial charge is 0.490 e. The number of likely N-dealkylation sites (tertiary alicyclic amines) is 1. The maximum Gasteiger partial charge on any atom is 0.407 e. The molecule has 2 heterocycles. The maximum atomic E-state index is 14.1. The summed E-state index contributed by atoms with van der Waals surface area (Å²) in [6.45, 7) is 0.765. The van der Waals surface area contributed by atoms with Crippen LogP contribution in [0, 0.1) is 17.1 Å². The van der Waals surface area contributed by atoms with E-state index in [1.165, 1.54) is 29.3 Å². The minimum atomic E-state index is -0.949. The highest BCUT2D eigenvalue weighted by molar-refractivity contribution is 5.65. The highest BCUT2D eigenvalue weighted by Crippen LogP contribution is 2.19. The Labute approximate surface area is 148 Å². The molecule has 2 aromatic rings. The van der Waals surface area contributed by atoms with E-state index in [4.69, 9.17) is 15.1 Å². The molecule has 0 atom stereocenters. The maximum absolute atomic E-state index is 14.1. The molecule has 1 fully saturated rings. The number of amides is 1. The Morgan fingerprint density at radius 3 is 2.58 bits per heavy atom. The number of carbonyl (C=O) groups is 1. The molecule has 26 heavy (non-hydrogen) atoms. The molecule has 1 aromatic heterocycles. The van der Waals surface area contributed by atoms with Crippen molar-refractivity contribution in [2.75, 3.05) is 13.1 Å². The zero-order valence-corrected chi connectivity index (χ0v) is 13.8. The lowest BCUT2D eigenvalue weighted by molar-refractivity contribution is 0.0893. The van der Waals surface area contributed by atoms with Gasteiger partial charge in [-0.15, -0.1) is 0 Å². The van der Waals surface area contributed by atoms with Crippen molar-refractivity contribution in [1.82, 2.24) is 9.47 Å². The van der Waals surface area contributed by atoms with E-state index in [2.05, 4.69) is 0 Å². The molecule has 1 aliphatic rings. The van der Waals surface area contributed by atoms with Gasteiger partial charge >= 0.3 is 6.09 Å². The summed E-state index contributed by atoms with van der Waals surface area (Å²) < 4.78 is 21.0. The number of pyridine rings is 1. The van der Waals surface area contributed by atoms with E-state index < -0.39 is 17.5 Å². The lowest BCUT2D eigenvalue weighted by Crippen LogP contribution is -2.41. The summed E-state index contributed by atoms with van der Waals surface area (Å²) in [6.07, 6.45) is 1.37. The van der Waals surface area contributed by atoms with E-state index in [-0.39, 0.29) is 17.4 Å². The van der Waals surface area contributed by atoms with E-state index in [1.807, 2.05) is 6.07 Å². The second-order valence-electron chi connectivity index (χ2n) is 5.94. The van der Waals surface area contributed by atoms with Gasteiger partial charge in [0.2, 0.25) is 0 Å². The number of aromatic nitrogens is 1. The number of nitriles is 1. The third kappa shape index (κ3) is 3.67. The molecular formula is C18H16FN3O4. The first kappa shape index (κ1) is 17.5. The third-order valence-corrected chi connectivity index (χ3v) is 4.24. The topological polar surface area (TPSA) is 95.6 Å². The molecule has 0 aliphatic carbocycles. The molecule has 0 bridgehead atoms. The zero-order valence-electron chi connectivity index (χ0n) is 13.8. The second kappa shape index (κ2) is 7.27. The molecule has 0 unspecified atom stereocenters. The Morgan fingerprint density at radius 1 is 1.27 bits per heavy atom. The van der Waals surface area contributed by atoms with Crippen molar-refractivity contribution in [2.45, 2.75) is 18.9 Å². The molecule has 0 spiro atoms. The fourth-order valence-electron chi connectivity index (χ4n) is 2.86. The predicted octanol–water partition coefficient (Wildman–Crippen LogP) is 2.37. The number of ether oxygens (including phenoxy) is 1. The first-order chi connectivity index (χ1) is 12.5. The number of hydrogen-bond donors (Lipinski definition) is 1. The van der Waals surface area contributed by atoms with Crippen LogP contribution in [0.15, 0.2) is 41.3 Å². The van der Waals surface area contributed by atoms with Gasteiger partial charge in [0.15, 0.2) is 0 Å². The van der Waals surface area contributed by atoms with Gasteiger partial charge in [0.25, 0.3) is 5.56 Å². The van der Waals surface area contributed by atoms with E-state index in [0.29, 0.717) is 31.7 Å². The SMILES string of the molecule is N#Cc1ccc(-n2ccc(OC3CCN(C(=O)O)CC3)cc2=O)c(F)c1. The monoisotopic (exact) mass is 357 g/mol. The highest BCUT2D eigenvalue weighted by atomic mass is 19.1. The standard InChI is InChI=1S/C18H16FN3O4/c19-15-9-12(11-20)1-2-16(15)22-8-5-14(10-17(22)23)26-13-3-6-21(7-4-13)18(24)25/h1-2,5,8-10,13H,3-4,6-7H2,(H,24,25). The van der Waals surface area contributed by atoms with Crippen LogP contribution in [0.5, 0.6) is 5.75 Å². The molecule has 1 saturated heterocycles. The van der Waals surface area contributed by atoms with Gasteiger partial charge in [-0.2, -0.15) is 5.26 Å². The van der Waals surface area contributed by atoms with Crippen molar-refractivity contribution in [3.8, 4) is 17.5 Å². The molecule has 1 aliphatic heterocycles. The van der Waals surface area contributed by atoms with Crippen LogP contribution in [-0.4, -0.2) is 39.9 Å². The van der Waals surface area contributed by atoms with Crippen molar-refractivity contribution in [1.29, 1.82) is 5.26 Å². The number of benzene rings is 1. The van der Waals surface area contributed by atoms with Crippen LogP contribution in [0.1, 0.15) is 18.4 Å². The van der Waals surface area contributed by atoms with Crippen molar-refractivity contribution >= 4 is 6.09 Å². The smallest absolute Gasteiger partial charge is 0.407 e. The molecule has 7 nitrogen and oxygen atoms in total. The predicted molar refractivity (Wildman–Crippen MR) is 90.0 cm³/mol. The van der Waals surface area contributed by atoms with Crippen LogP contribution >= 0.6 is 0 Å². The molecule has 8 heteroatoms. The minimum Gasteiger partial charge on any atom is -0.490 e. The summed E-state index contributed by atoms with van der Waals surface area (Å²) in [5.41, 5.74) is -0.239. The molecule has 1 amide bonds. The lowest BCUT2D eigenvalue weighted by atomic mass is 10.1. The summed E-state index contributed by atoms with van der Waals surface area (Å²) in [5.74, 6) is -0.310. The van der Waals surface area contributed by atoms with Gasteiger partial charge in [-0.25, -0.2) is 9.18 Å². The quantitative estimate of drug-likeness (QED) is 0.910. The van der Waals surface area contributed by atoms with Gasteiger partial charge in [-0.05, 0) is 24.3 Å². The lowest BCUT2D eigenvalue weighted by Gasteiger charge is -2.30. The van der Waals surface area contributed by atoms with E-state index >= 15 is 0 Å². The molecule has 3 rings (SSSR count). The number of rotatable bonds is 3. The van der Waals surface area contributed by atoms with Gasteiger partial charge in [-0.3, -0.25) is 9.36 Å². The number of hydrogen-bond acceptors (Lipinski definition) is 4. The third-order valence-electron chi connectivity index (χ3n) is 4.24. The average molecular weight is 357 g/mol. The summed E-state index contributed by atoms with van der Waals surface area (Å²) in [6, 6.07) is 8.54. The Morgan fingerprint density at radius 2 is 2.00 bits per heavy atom. The van der Waals surface area contributed by atoms with Crippen molar-refractivity contribution in [3.63, 3.8) is 0 Å². The van der Waals surface area contributed by atoms with Gasteiger partial charge in [0, 0.05) is 38.2 Å². The van der Waals surface area contributed by atoms with E-state index in [9.17, 15) is 14.0 Å². The van der Waals surface area contributed by atoms with Crippen molar-refractivity contribution in [3.05, 3.63) is 58.3 Å². The highest BCUT2D eigenvalue weighted by Gasteiger charge is 2.23. The number of piperidine rings is 1. The Kier molecular flexibility index (Phi) is 4.89. The Bertz CT molecular complexity index is 927. The Balaban J connectivity index is 1.74. The van der Waals surface area contributed by atoms with E-state index in [0.717, 1.165) is 10.6 Å². The summed E-state index contributed by atoms with van der Waals surface area (Å²) in [5, 5.41) is 17.7. The van der Waals surface area contributed by atoms with Gasteiger partial charge < -0.3 is 14.7 Å². The molecule has 1 aromatic carbocycles. The normalized spacial score (nSPS) is 14.7. The van der Waals surface area contributed by atoms with Crippen LogP contribution in [0.4, 0.5) is 9.18 Å². The first-order valence-corrected chi connectivity index (χ1v) is 8.05. The van der Waals surface area contributed by atoms with Crippen molar-refractivity contribution in [2.24, 2.45) is 0 Å². The Hall–Kier alpha value is -3.34. The summed E-state index contributed by atoms with van der Waals surface area (Å²) in [7, 11) is 0.